The highest BCUT2D eigenvalue weighted by Crippen LogP contribution is 2.24. The van der Waals surface area contributed by atoms with Gasteiger partial charge in [-0.2, -0.15) is 0 Å². The number of nitrogens with one attached hydrogen (secondary N) is 1. The summed E-state index contributed by atoms with van der Waals surface area (Å²) in [6, 6.07) is 5.81. The lowest BCUT2D eigenvalue weighted by atomic mass is 10.2. The summed E-state index contributed by atoms with van der Waals surface area (Å²) in [6.07, 6.45) is 0. The number of hydrogen-bond donors (Lipinski definition) is 1. The first-order valence-corrected chi connectivity index (χ1v) is 6.89. The molecule has 1 rings (SSSR count). The van der Waals surface area contributed by atoms with Crippen LogP contribution >= 0.6 is 0 Å². The molecule has 0 aliphatic heterocycles. The maximum atomic E-state index is 5.74. The SMILES string of the molecule is CCOCCOc1ccc(OC)cc1CNCCOC. The molecule has 0 saturated heterocycles. The van der Waals surface area contributed by atoms with E-state index in [9.17, 15) is 0 Å². The van der Waals surface area contributed by atoms with Crippen LogP contribution in [0.2, 0.25) is 0 Å². The van der Waals surface area contributed by atoms with E-state index in [1.807, 2.05) is 25.1 Å². The van der Waals surface area contributed by atoms with Crippen molar-refractivity contribution in [3.05, 3.63) is 23.8 Å². The highest BCUT2D eigenvalue weighted by molar-refractivity contribution is 5.40. The van der Waals surface area contributed by atoms with Crippen molar-refractivity contribution in [2.75, 3.05) is 47.2 Å². The van der Waals surface area contributed by atoms with Crippen molar-refractivity contribution in [3.8, 4) is 11.5 Å². The maximum Gasteiger partial charge on any atom is 0.124 e. The largest absolute Gasteiger partial charge is 0.497 e. The lowest BCUT2D eigenvalue weighted by molar-refractivity contribution is 0.109. The molecule has 0 aromatic heterocycles. The first kappa shape index (κ1) is 16.8. The standard InChI is InChI=1S/C15H25NO4/c1-4-19-9-10-20-15-6-5-14(18-3)11-13(15)12-16-7-8-17-2/h5-6,11,16H,4,7-10,12H2,1-3H3. The zero-order valence-electron chi connectivity index (χ0n) is 12.6. The summed E-state index contributed by atoms with van der Waals surface area (Å²) in [4.78, 5) is 0. The average Bonchev–Trinajstić information content (AvgIpc) is 2.49. The van der Waals surface area contributed by atoms with Gasteiger partial charge in [-0.25, -0.2) is 0 Å². The van der Waals surface area contributed by atoms with E-state index in [0.29, 0.717) is 33.0 Å². The van der Waals surface area contributed by atoms with E-state index in [-0.39, 0.29) is 0 Å². The van der Waals surface area contributed by atoms with Crippen molar-refractivity contribution in [1.29, 1.82) is 0 Å². The van der Waals surface area contributed by atoms with Crippen LogP contribution in [0.15, 0.2) is 18.2 Å². The Bertz CT molecular complexity index is 371. The molecule has 1 aromatic rings. The molecular formula is C15H25NO4. The fraction of sp³-hybridized carbons (Fsp3) is 0.600. The second kappa shape index (κ2) is 10.5. The van der Waals surface area contributed by atoms with Crippen molar-refractivity contribution in [2.45, 2.75) is 13.5 Å². The Morgan fingerprint density at radius 2 is 1.95 bits per heavy atom. The van der Waals surface area contributed by atoms with Crippen LogP contribution in [0, 0.1) is 0 Å². The quantitative estimate of drug-likeness (QED) is 0.628. The minimum Gasteiger partial charge on any atom is -0.497 e. The zero-order valence-corrected chi connectivity index (χ0v) is 12.6. The Labute approximate surface area is 121 Å². The van der Waals surface area contributed by atoms with Crippen LogP contribution in [0.5, 0.6) is 11.5 Å². The Morgan fingerprint density at radius 3 is 2.65 bits per heavy atom. The van der Waals surface area contributed by atoms with Crippen LogP contribution in [-0.4, -0.2) is 47.2 Å². The Balaban J connectivity index is 2.56. The fourth-order valence-corrected chi connectivity index (χ4v) is 1.71. The van der Waals surface area contributed by atoms with E-state index in [0.717, 1.165) is 23.6 Å². The number of benzene rings is 1. The van der Waals surface area contributed by atoms with Crippen molar-refractivity contribution in [2.24, 2.45) is 0 Å². The van der Waals surface area contributed by atoms with E-state index in [1.54, 1.807) is 14.2 Å². The van der Waals surface area contributed by atoms with Crippen molar-refractivity contribution in [3.63, 3.8) is 0 Å². The second-order valence-corrected chi connectivity index (χ2v) is 4.19. The minimum absolute atomic E-state index is 0.547. The number of ether oxygens (including phenoxy) is 4. The van der Waals surface area contributed by atoms with Gasteiger partial charge in [0.15, 0.2) is 0 Å². The van der Waals surface area contributed by atoms with Gasteiger partial charge in [-0.15, -0.1) is 0 Å². The molecule has 1 N–H and O–H groups in total. The molecule has 5 nitrogen and oxygen atoms in total. The first-order chi connectivity index (χ1) is 9.81. The predicted molar refractivity (Wildman–Crippen MR) is 78.6 cm³/mol. The molecule has 0 unspecified atom stereocenters. The number of rotatable bonds is 11. The summed E-state index contributed by atoms with van der Waals surface area (Å²) in [5, 5.41) is 3.30. The average molecular weight is 283 g/mol. The van der Waals surface area contributed by atoms with Gasteiger partial charge in [-0.1, -0.05) is 0 Å². The molecule has 0 fully saturated rings. The molecule has 114 valence electrons. The van der Waals surface area contributed by atoms with Crippen LogP contribution in [0.25, 0.3) is 0 Å². The van der Waals surface area contributed by atoms with E-state index in [1.165, 1.54) is 0 Å². The summed E-state index contributed by atoms with van der Waals surface area (Å²) in [6.45, 7) is 6.02. The van der Waals surface area contributed by atoms with Gasteiger partial charge in [0.05, 0.1) is 20.3 Å². The van der Waals surface area contributed by atoms with Crippen LogP contribution in [0.4, 0.5) is 0 Å². The minimum atomic E-state index is 0.547. The van der Waals surface area contributed by atoms with Gasteiger partial charge in [-0.05, 0) is 25.1 Å². The van der Waals surface area contributed by atoms with Crippen molar-refractivity contribution >= 4 is 0 Å². The maximum absolute atomic E-state index is 5.74. The summed E-state index contributed by atoms with van der Waals surface area (Å²) < 4.78 is 21.3. The molecule has 0 saturated carbocycles. The molecule has 0 aliphatic rings. The molecule has 20 heavy (non-hydrogen) atoms. The van der Waals surface area contributed by atoms with Gasteiger partial charge in [0.2, 0.25) is 0 Å². The third kappa shape index (κ3) is 6.23. The molecule has 0 radical (unpaired) electrons. The van der Waals surface area contributed by atoms with Crippen molar-refractivity contribution in [1.82, 2.24) is 5.32 Å². The van der Waals surface area contributed by atoms with Gasteiger partial charge < -0.3 is 24.3 Å². The summed E-state index contributed by atoms with van der Waals surface area (Å²) in [5.41, 5.74) is 1.07. The lowest BCUT2D eigenvalue weighted by Crippen LogP contribution is -2.19. The molecule has 1 aromatic carbocycles. The molecule has 5 heteroatoms. The van der Waals surface area contributed by atoms with Crippen LogP contribution in [0.1, 0.15) is 12.5 Å². The fourth-order valence-electron chi connectivity index (χ4n) is 1.71. The van der Waals surface area contributed by atoms with Crippen LogP contribution in [-0.2, 0) is 16.0 Å². The molecule has 0 spiro atoms. The first-order valence-electron chi connectivity index (χ1n) is 6.89. The van der Waals surface area contributed by atoms with Crippen LogP contribution in [0.3, 0.4) is 0 Å². The van der Waals surface area contributed by atoms with Gasteiger partial charge in [0, 0.05) is 32.4 Å². The van der Waals surface area contributed by atoms with E-state index in [4.69, 9.17) is 18.9 Å². The summed E-state index contributed by atoms with van der Waals surface area (Å²) in [7, 11) is 3.35. The highest BCUT2D eigenvalue weighted by Gasteiger charge is 2.06. The lowest BCUT2D eigenvalue weighted by Gasteiger charge is -2.13. The Kier molecular flexibility index (Phi) is 8.78. The monoisotopic (exact) mass is 283 g/mol. The third-order valence-corrected chi connectivity index (χ3v) is 2.76. The van der Waals surface area contributed by atoms with E-state index >= 15 is 0 Å². The number of methoxy groups -OCH3 is 2. The second-order valence-electron chi connectivity index (χ2n) is 4.19. The molecule has 0 atom stereocenters. The van der Waals surface area contributed by atoms with Gasteiger partial charge in [-0.3, -0.25) is 0 Å². The third-order valence-electron chi connectivity index (χ3n) is 2.76. The topological polar surface area (TPSA) is 49.0 Å². The summed E-state index contributed by atoms with van der Waals surface area (Å²) in [5.74, 6) is 1.68. The predicted octanol–water partition coefficient (Wildman–Crippen LogP) is 1.85. The van der Waals surface area contributed by atoms with Gasteiger partial charge in [0.25, 0.3) is 0 Å². The number of hydrogen-bond acceptors (Lipinski definition) is 5. The Hall–Kier alpha value is -1.30. The smallest absolute Gasteiger partial charge is 0.124 e. The van der Waals surface area contributed by atoms with Crippen molar-refractivity contribution < 1.29 is 18.9 Å². The van der Waals surface area contributed by atoms with E-state index < -0.39 is 0 Å². The molecular weight excluding hydrogens is 258 g/mol. The zero-order chi connectivity index (χ0) is 14.6. The Morgan fingerprint density at radius 1 is 1.10 bits per heavy atom. The van der Waals surface area contributed by atoms with Crippen LogP contribution < -0.4 is 14.8 Å². The van der Waals surface area contributed by atoms with E-state index in [2.05, 4.69) is 5.32 Å². The van der Waals surface area contributed by atoms with Gasteiger partial charge in [0.1, 0.15) is 18.1 Å². The molecule has 0 aliphatic carbocycles. The van der Waals surface area contributed by atoms with Gasteiger partial charge >= 0.3 is 0 Å². The molecule has 0 heterocycles. The normalized spacial score (nSPS) is 10.6. The summed E-state index contributed by atoms with van der Waals surface area (Å²) >= 11 is 0. The molecule has 0 amide bonds. The highest BCUT2D eigenvalue weighted by atomic mass is 16.5. The molecule has 0 bridgehead atoms.